The fraction of sp³-hybridized carbons (Fsp3) is 0.286. The Morgan fingerprint density at radius 3 is 2.94 bits per heavy atom. The van der Waals surface area contributed by atoms with Crippen LogP contribution in [0, 0.1) is 18.3 Å². The van der Waals surface area contributed by atoms with Gasteiger partial charge in [0.25, 0.3) is 0 Å². The van der Waals surface area contributed by atoms with Crippen LogP contribution in [0.4, 0.5) is 0 Å². The molecule has 92 valence electrons. The minimum absolute atomic E-state index is 0.102. The van der Waals surface area contributed by atoms with Crippen LogP contribution < -0.4 is 5.32 Å². The second-order valence-electron chi connectivity index (χ2n) is 4.17. The molecule has 0 spiro atoms. The van der Waals surface area contributed by atoms with E-state index in [1.165, 1.54) is 0 Å². The van der Waals surface area contributed by atoms with Gasteiger partial charge in [-0.15, -0.1) is 0 Å². The molecule has 1 unspecified atom stereocenters. The van der Waals surface area contributed by atoms with Gasteiger partial charge in [-0.3, -0.25) is 0 Å². The van der Waals surface area contributed by atoms with Gasteiger partial charge in [0, 0.05) is 18.3 Å². The summed E-state index contributed by atoms with van der Waals surface area (Å²) in [4.78, 5) is 4.03. The zero-order chi connectivity index (χ0) is 13.0. The zero-order valence-electron chi connectivity index (χ0n) is 10.5. The van der Waals surface area contributed by atoms with Crippen LogP contribution in [0.25, 0.3) is 0 Å². The molecule has 0 aliphatic heterocycles. The number of furan rings is 1. The number of aromatic nitrogens is 1. The first-order valence-electron chi connectivity index (χ1n) is 5.84. The van der Waals surface area contributed by atoms with Crippen LogP contribution in [-0.2, 0) is 6.54 Å². The molecule has 0 amide bonds. The molecule has 2 aromatic rings. The lowest BCUT2D eigenvalue weighted by Crippen LogP contribution is -2.18. The van der Waals surface area contributed by atoms with Crippen molar-refractivity contribution >= 4 is 0 Å². The molecule has 1 N–H and O–H groups in total. The third kappa shape index (κ3) is 2.76. The molecule has 0 bridgehead atoms. The van der Waals surface area contributed by atoms with Crippen molar-refractivity contribution in [2.75, 3.05) is 0 Å². The van der Waals surface area contributed by atoms with Crippen molar-refractivity contribution in [3.8, 4) is 6.07 Å². The number of nitrogens with zero attached hydrogens (tertiary/aromatic N) is 2. The minimum atomic E-state index is 0.102. The molecule has 2 aromatic heterocycles. The monoisotopic (exact) mass is 241 g/mol. The summed E-state index contributed by atoms with van der Waals surface area (Å²) in [6.07, 6.45) is 1.63. The molecular formula is C14H15N3O. The Balaban J connectivity index is 2.02. The third-order valence-corrected chi connectivity index (χ3v) is 2.78. The molecule has 0 radical (unpaired) electrons. The van der Waals surface area contributed by atoms with Crippen LogP contribution in [0.2, 0.25) is 0 Å². The second kappa shape index (κ2) is 5.48. The van der Waals surface area contributed by atoms with E-state index in [1.54, 1.807) is 6.20 Å². The minimum Gasteiger partial charge on any atom is -0.465 e. The standard InChI is InChI=1S/C14H15N3O/c1-10-5-6-14(18-10)11(2)17-9-12-4-3-7-16-13(12)8-15/h3-7,11,17H,9H2,1-2H3. The Morgan fingerprint density at radius 2 is 2.28 bits per heavy atom. The third-order valence-electron chi connectivity index (χ3n) is 2.78. The molecule has 2 rings (SSSR count). The molecule has 0 saturated heterocycles. The maximum Gasteiger partial charge on any atom is 0.144 e. The van der Waals surface area contributed by atoms with Crippen molar-refractivity contribution in [2.24, 2.45) is 0 Å². The summed E-state index contributed by atoms with van der Waals surface area (Å²) < 4.78 is 5.55. The maximum atomic E-state index is 8.95. The fourth-order valence-corrected chi connectivity index (χ4v) is 1.73. The van der Waals surface area contributed by atoms with Crippen LogP contribution in [0.1, 0.15) is 35.7 Å². The number of rotatable bonds is 4. The van der Waals surface area contributed by atoms with Gasteiger partial charge in [0.15, 0.2) is 0 Å². The Hall–Kier alpha value is -2.12. The number of aryl methyl sites for hydroxylation is 1. The molecule has 0 aliphatic rings. The van der Waals surface area contributed by atoms with E-state index in [9.17, 15) is 0 Å². The Labute approximate surface area is 106 Å². The van der Waals surface area contributed by atoms with E-state index in [-0.39, 0.29) is 6.04 Å². The highest BCUT2D eigenvalue weighted by Crippen LogP contribution is 2.16. The lowest BCUT2D eigenvalue weighted by Gasteiger charge is -2.11. The smallest absolute Gasteiger partial charge is 0.144 e. The van der Waals surface area contributed by atoms with E-state index >= 15 is 0 Å². The molecule has 0 fully saturated rings. The molecule has 4 nitrogen and oxygen atoms in total. The maximum absolute atomic E-state index is 8.95. The molecular weight excluding hydrogens is 226 g/mol. The van der Waals surface area contributed by atoms with Gasteiger partial charge in [-0.05, 0) is 32.0 Å². The van der Waals surface area contributed by atoms with Crippen LogP contribution in [0.15, 0.2) is 34.9 Å². The first-order chi connectivity index (χ1) is 8.70. The van der Waals surface area contributed by atoms with Gasteiger partial charge in [0.05, 0.1) is 6.04 Å². The number of hydrogen-bond acceptors (Lipinski definition) is 4. The van der Waals surface area contributed by atoms with E-state index in [2.05, 4.69) is 16.4 Å². The lowest BCUT2D eigenvalue weighted by molar-refractivity contribution is 0.415. The van der Waals surface area contributed by atoms with Crippen molar-refractivity contribution in [3.05, 3.63) is 53.2 Å². The Morgan fingerprint density at radius 1 is 1.44 bits per heavy atom. The van der Waals surface area contributed by atoms with Gasteiger partial charge in [-0.1, -0.05) is 6.07 Å². The average molecular weight is 241 g/mol. The average Bonchev–Trinajstić information content (AvgIpc) is 2.83. The number of nitriles is 1. The molecule has 18 heavy (non-hydrogen) atoms. The Bertz CT molecular complexity index is 568. The highest BCUT2D eigenvalue weighted by Gasteiger charge is 2.10. The molecule has 0 aromatic carbocycles. The van der Waals surface area contributed by atoms with Gasteiger partial charge in [0.2, 0.25) is 0 Å². The summed E-state index contributed by atoms with van der Waals surface area (Å²) in [7, 11) is 0. The summed E-state index contributed by atoms with van der Waals surface area (Å²) in [6, 6.07) is 9.83. The van der Waals surface area contributed by atoms with Crippen molar-refractivity contribution in [1.29, 1.82) is 5.26 Å². The number of nitrogens with one attached hydrogen (secondary N) is 1. The van der Waals surface area contributed by atoms with Crippen LogP contribution >= 0.6 is 0 Å². The lowest BCUT2D eigenvalue weighted by atomic mass is 10.2. The highest BCUT2D eigenvalue weighted by molar-refractivity contribution is 5.30. The molecule has 2 heterocycles. The van der Waals surface area contributed by atoms with Crippen molar-refractivity contribution in [1.82, 2.24) is 10.3 Å². The van der Waals surface area contributed by atoms with Crippen LogP contribution in [0.3, 0.4) is 0 Å². The predicted molar refractivity (Wildman–Crippen MR) is 67.7 cm³/mol. The Kier molecular flexibility index (Phi) is 3.75. The predicted octanol–water partition coefficient (Wildman–Crippen LogP) is 2.71. The van der Waals surface area contributed by atoms with E-state index in [1.807, 2.05) is 38.1 Å². The topological polar surface area (TPSA) is 61.9 Å². The number of pyridine rings is 1. The van der Waals surface area contributed by atoms with Crippen molar-refractivity contribution in [3.63, 3.8) is 0 Å². The molecule has 0 aliphatic carbocycles. The largest absolute Gasteiger partial charge is 0.465 e. The van der Waals surface area contributed by atoms with E-state index in [0.717, 1.165) is 17.1 Å². The summed E-state index contributed by atoms with van der Waals surface area (Å²) in [5, 5.41) is 12.3. The van der Waals surface area contributed by atoms with E-state index in [4.69, 9.17) is 9.68 Å². The quantitative estimate of drug-likeness (QED) is 0.894. The molecule has 0 saturated carbocycles. The summed E-state index contributed by atoms with van der Waals surface area (Å²) in [5.74, 6) is 1.80. The zero-order valence-corrected chi connectivity index (χ0v) is 10.5. The SMILES string of the molecule is Cc1ccc(C(C)NCc2cccnc2C#N)o1. The first-order valence-corrected chi connectivity index (χ1v) is 5.84. The van der Waals surface area contributed by atoms with Crippen LogP contribution in [-0.4, -0.2) is 4.98 Å². The van der Waals surface area contributed by atoms with Gasteiger partial charge < -0.3 is 9.73 Å². The van der Waals surface area contributed by atoms with Gasteiger partial charge in [-0.25, -0.2) is 4.98 Å². The van der Waals surface area contributed by atoms with Crippen molar-refractivity contribution < 1.29 is 4.42 Å². The normalized spacial score (nSPS) is 12.1. The summed E-state index contributed by atoms with van der Waals surface area (Å²) in [5.41, 5.74) is 1.36. The summed E-state index contributed by atoms with van der Waals surface area (Å²) in [6.45, 7) is 4.55. The highest BCUT2D eigenvalue weighted by atomic mass is 16.3. The van der Waals surface area contributed by atoms with Crippen LogP contribution in [0.5, 0.6) is 0 Å². The molecule has 1 atom stereocenters. The van der Waals surface area contributed by atoms with Gasteiger partial charge in [0.1, 0.15) is 23.3 Å². The van der Waals surface area contributed by atoms with Gasteiger partial charge >= 0.3 is 0 Å². The second-order valence-corrected chi connectivity index (χ2v) is 4.17. The van der Waals surface area contributed by atoms with E-state index in [0.29, 0.717) is 12.2 Å². The summed E-state index contributed by atoms with van der Waals surface area (Å²) >= 11 is 0. The van der Waals surface area contributed by atoms with Gasteiger partial charge in [-0.2, -0.15) is 5.26 Å². The first kappa shape index (κ1) is 12.3. The van der Waals surface area contributed by atoms with E-state index < -0.39 is 0 Å². The van der Waals surface area contributed by atoms with Crippen molar-refractivity contribution in [2.45, 2.75) is 26.4 Å². The fourth-order valence-electron chi connectivity index (χ4n) is 1.73. The number of hydrogen-bond donors (Lipinski definition) is 1. The molecule has 4 heteroatoms.